The van der Waals surface area contributed by atoms with Crippen LogP contribution in [0.2, 0.25) is 0 Å². The molecule has 1 heterocycles. The maximum absolute atomic E-state index is 13.0. The molecule has 3 aromatic rings. The van der Waals surface area contributed by atoms with Crippen molar-refractivity contribution < 1.29 is 14.3 Å². The van der Waals surface area contributed by atoms with Crippen LogP contribution >= 0.6 is 0 Å². The minimum absolute atomic E-state index is 0.216. The van der Waals surface area contributed by atoms with Crippen molar-refractivity contribution >= 4 is 17.8 Å². The van der Waals surface area contributed by atoms with E-state index in [9.17, 15) is 9.59 Å². The van der Waals surface area contributed by atoms with Crippen LogP contribution in [0.15, 0.2) is 54.6 Å². The van der Waals surface area contributed by atoms with E-state index in [-0.39, 0.29) is 12.6 Å². The molecule has 0 fully saturated rings. The molecule has 0 radical (unpaired) electrons. The minimum atomic E-state index is -0.611. The van der Waals surface area contributed by atoms with Gasteiger partial charge in [0.15, 0.2) is 0 Å². The lowest BCUT2D eigenvalue weighted by Crippen LogP contribution is -2.33. The average Bonchev–Trinajstić information content (AvgIpc) is 2.83. The smallest absolute Gasteiger partial charge is 0.407 e. The molecule has 202 valence electrons. The second-order valence-corrected chi connectivity index (χ2v) is 11.0. The maximum atomic E-state index is 13.0. The Kier molecular flexibility index (Phi) is 9.50. The third-order valence-electron chi connectivity index (χ3n) is 5.85. The second kappa shape index (κ2) is 12.6. The standard InChI is InChI=1S/C31H40N4O3/c1-20(2)17-26-25(19-33-30(37)38-31(5,6)7)27(24-15-13-21(3)14-16-24)28(22(4)34-26)35-29(36)32-18-23-11-9-8-10-12-23/h8-16,20H,17-19H2,1-7H3,(H,33,37)(H2,32,35,36). The van der Waals surface area contributed by atoms with Crippen LogP contribution in [0.4, 0.5) is 15.3 Å². The molecule has 0 aliphatic carbocycles. The summed E-state index contributed by atoms with van der Waals surface area (Å²) >= 11 is 0. The van der Waals surface area contributed by atoms with E-state index in [1.807, 2.05) is 89.2 Å². The summed E-state index contributed by atoms with van der Waals surface area (Å²) in [7, 11) is 0. The number of nitrogens with one attached hydrogen (secondary N) is 3. The fourth-order valence-electron chi connectivity index (χ4n) is 4.15. The first-order valence-corrected chi connectivity index (χ1v) is 13.1. The topological polar surface area (TPSA) is 92.3 Å². The van der Waals surface area contributed by atoms with Gasteiger partial charge in [-0.15, -0.1) is 0 Å². The Morgan fingerprint density at radius 1 is 0.921 bits per heavy atom. The summed E-state index contributed by atoms with van der Waals surface area (Å²) in [6, 6.07) is 17.6. The summed E-state index contributed by atoms with van der Waals surface area (Å²) in [5.74, 6) is 0.348. The first-order chi connectivity index (χ1) is 17.9. The van der Waals surface area contributed by atoms with Gasteiger partial charge < -0.3 is 20.7 Å². The number of benzene rings is 2. The van der Waals surface area contributed by atoms with Crippen molar-refractivity contribution in [2.45, 2.75) is 73.6 Å². The molecular formula is C31H40N4O3. The molecule has 38 heavy (non-hydrogen) atoms. The number of alkyl carbamates (subject to hydrolysis) is 1. The van der Waals surface area contributed by atoms with Crippen molar-refractivity contribution in [2.24, 2.45) is 5.92 Å². The quantitative estimate of drug-likeness (QED) is 0.303. The first kappa shape index (κ1) is 28.7. The van der Waals surface area contributed by atoms with Crippen LogP contribution in [0, 0.1) is 19.8 Å². The van der Waals surface area contributed by atoms with Gasteiger partial charge >= 0.3 is 12.1 Å². The number of rotatable bonds is 8. The third kappa shape index (κ3) is 8.33. The molecule has 3 N–H and O–H groups in total. The first-order valence-electron chi connectivity index (χ1n) is 13.1. The Hall–Kier alpha value is -3.87. The summed E-state index contributed by atoms with van der Waals surface area (Å²) in [5, 5.41) is 8.90. The van der Waals surface area contributed by atoms with Crippen LogP contribution in [0.25, 0.3) is 11.1 Å². The van der Waals surface area contributed by atoms with Gasteiger partial charge in [0.1, 0.15) is 5.60 Å². The van der Waals surface area contributed by atoms with Crippen LogP contribution in [0.1, 0.15) is 62.7 Å². The van der Waals surface area contributed by atoms with E-state index in [2.05, 4.69) is 29.8 Å². The van der Waals surface area contributed by atoms with E-state index < -0.39 is 11.7 Å². The summed E-state index contributed by atoms with van der Waals surface area (Å²) in [6.07, 6.45) is 0.226. The molecule has 0 unspecified atom stereocenters. The number of aromatic nitrogens is 1. The van der Waals surface area contributed by atoms with Gasteiger partial charge in [-0.05, 0) is 58.1 Å². The SMILES string of the molecule is Cc1ccc(-c2c(CNC(=O)OC(C)(C)C)c(CC(C)C)nc(C)c2NC(=O)NCc2ccccc2)cc1. The Morgan fingerprint density at radius 2 is 1.58 bits per heavy atom. The van der Waals surface area contributed by atoms with E-state index in [1.54, 1.807) is 0 Å². The van der Waals surface area contributed by atoms with Gasteiger partial charge in [0.25, 0.3) is 0 Å². The molecule has 1 aromatic heterocycles. The van der Waals surface area contributed by atoms with E-state index in [0.29, 0.717) is 23.8 Å². The van der Waals surface area contributed by atoms with Crippen LogP contribution in [-0.4, -0.2) is 22.7 Å². The highest BCUT2D eigenvalue weighted by molar-refractivity contribution is 5.96. The second-order valence-electron chi connectivity index (χ2n) is 11.0. The lowest BCUT2D eigenvalue weighted by Gasteiger charge is -2.24. The predicted octanol–water partition coefficient (Wildman–Crippen LogP) is 6.91. The Morgan fingerprint density at radius 3 is 2.18 bits per heavy atom. The van der Waals surface area contributed by atoms with Gasteiger partial charge in [-0.25, -0.2) is 9.59 Å². The van der Waals surface area contributed by atoms with E-state index in [4.69, 9.17) is 9.72 Å². The molecule has 0 saturated heterocycles. The fraction of sp³-hybridized carbons (Fsp3) is 0.387. The van der Waals surface area contributed by atoms with E-state index >= 15 is 0 Å². The van der Waals surface area contributed by atoms with Crippen molar-refractivity contribution in [3.63, 3.8) is 0 Å². The summed E-state index contributed by atoms with van der Waals surface area (Å²) in [4.78, 5) is 30.5. The molecular weight excluding hydrogens is 476 g/mol. The largest absolute Gasteiger partial charge is 0.444 e. The Bertz CT molecular complexity index is 1250. The van der Waals surface area contributed by atoms with Crippen LogP contribution < -0.4 is 16.0 Å². The van der Waals surface area contributed by atoms with Gasteiger partial charge in [-0.1, -0.05) is 74.0 Å². The van der Waals surface area contributed by atoms with Gasteiger partial charge in [-0.3, -0.25) is 4.98 Å². The highest BCUT2D eigenvalue weighted by Crippen LogP contribution is 2.36. The molecule has 2 aromatic carbocycles. The van der Waals surface area contributed by atoms with Gasteiger partial charge in [0, 0.05) is 29.9 Å². The van der Waals surface area contributed by atoms with Gasteiger partial charge in [0.2, 0.25) is 0 Å². The molecule has 0 bridgehead atoms. The number of urea groups is 1. The zero-order valence-corrected chi connectivity index (χ0v) is 23.6. The van der Waals surface area contributed by atoms with Gasteiger partial charge in [-0.2, -0.15) is 0 Å². The molecule has 3 amide bonds. The van der Waals surface area contributed by atoms with Crippen LogP contribution in [-0.2, 0) is 24.2 Å². The molecule has 0 aliphatic heterocycles. The molecule has 0 saturated carbocycles. The molecule has 7 nitrogen and oxygen atoms in total. The number of hydrogen-bond acceptors (Lipinski definition) is 4. The lowest BCUT2D eigenvalue weighted by molar-refractivity contribution is 0.0523. The fourth-order valence-corrected chi connectivity index (χ4v) is 4.15. The number of amides is 3. The summed E-state index contributed by atoms with van der Waals surface area (Å²) in [5.41, 5.74) is 6.39. The number of anilines is 1. The van der Waals surface area contributed by atoms with Crippen molar-refractivity contribution in [1.82, 2.24) is 15.6 Å². The zero-order chi connectivity index (χ0) is 27.9. The Balaban J connectivity index is 2.03. The third-order valence-corrected chi connectivity index (χ3v) is 5.85. The molecule has 0 atom stereocenters. The van der Waals surface area contributed by atoms with Crippen LogP contribution in [0.5, 0.6) is 0 Å². The van der Waals surface area contributed by atoms with Crippen molar-refractivity contribution in [3.8, 4) is 11.1 Å². The molecule has 7 heteroatoms. The maximum Gasteiger partial charge on any atom is 0.407 e. The number of aryl methyl sites for hydroxylation is 2. The summed E-state index contributed by atoms with van der Waals surface area (Å²) in [6.45, 7) is 14.3. The number of carbonyl (C=O) groups excluding carboxylic acids is 2. The van der Waals surface area contributed by atoms with Crippen molar-refractivity contribution in [2.75, 3.05) is 5.32 Å². The van der Waals surface area contributed by atoms with E-state index in [1.165, 1.54) is 0 Å². The Labute approximate surface area is 226 Å². The highest BCUT2D eigenvalue weighted by atomic mass is 16.6. The monoisotopic (exact) mass is 516 g/mol. The van der Waals surface area contributed by atoms with E-state index in [0.717, 1.165) is 39.9 Å². The number of hydrogen-bond donors (Lipinski definition) is 3. The molecule has 0 spiro atoms. The van der Waals surface area contributed by atoms with Crippen molar-refractivity contribution in [3.05, 3.63) is 82.7 Å². The number of ether oxygens (including phenoxy) is 1. The number of pyridine rings is 1. The lowest BCUT2D eigenvalue weighted by atomic mass is 9.92. The minimum Gasteiger partial charge on any atom is -0.444 e. The zero-order valence-electron chi connectivity index (χ0n) is 23.6. The van der Waals surface area contributed by atoms with Crippen molar-refractivity contribution in [1.29, 1.82) is 0 Å². The normalized spacial score (nSPS) is 11.3. The highest BCUT2D eigenvalue weighted by Gasteiger charge is 2.23. The molecule has 0 aliphatic rings. The average molecular weight is 517 g/mol. The number of carbonyl (C=O) groups is 2. The summed E-state index contributed by atoms with van der Waals surface area (Å²) < 4.78 is 5.48. The number of nitrogens with zero attached hydrogens (tertiary/aromatic N) is 1. The van der Waals surface area contributed by atoms with Crippen LogP contribution in [0.3, 0.4) is 0 Å². The van der Waals surface area contributed by atoms with Gasteiger partial charge in [0.05, 0.1) is 11.4 Å². The molecule has 3 rings (SSSR count). The predicted molar refractivity (Wildman–Crippen MR) is 153 cm³/mol.